The Morgan fingerprint density at radius 2 is 1.97 bits per heavy atom. The zero-order chi connectivity index (χ0) is 22.6. The van der Waals surface area contributed by atoms with Crippen LogP contribution in [0.3, 0.4) is 0 Å². The fourth-order valence-corrected chi connectivity index (χ4v) is 3.66. The third kappa shape index (κ3) is 6.05. The van der Waals surface area contributed by atoms with E-state index in [1.165, 1.54) is 18.2 Å². The lowest BCUT2D eigenvalue weighted by Crippen LogP contribution is -2.41. The molecule has 31 heavy (non-hydrogen) atoms. The maximum absolute atomic E-state index is 13.7. The predicted octanol–water partition coefficient (Wildman–Crippen LogP) is 4.85. The number of nitrogens with zero attached hydrogens (tertiary/aromatic N) is 1. The lowest BCUT2D eigenvalue weighted by atomic mass is 9.85. The van der Waals surface area contributed by atoms with Gasteiger partial charge in [0.25, 0.3) is 5.91 Å². The molecule has 0 unspecified atom stereocenters. The molecule has 166 valence electrons. The highest BCUT2D eigenvalue weighted by atomic mass is 35.5. The minimum Gasteiger partial charge on any atom is -0.334 e. The van der Waals surface area contributed by atoms with Crippen LogP contribution in [0.2, 0.25) is 5.02 Å². The normalized spacial score (nSPS) is 14.1. The van der Waals surface area contributed by atoms with Crippen molar-refractivity contribution in [1.82, 2.24) is 4.90 Å². The Bertz CT molecular complexity index is 960. The Hall–Kier alpha value is -2.44. The Morgan fingerprint density at radius 1 is 1.23 bits per heavy atom. The highest BCUT2D eigenvalue weighted by molar-refractivity contribution is 6.31. The number of halogens is 2. The van der Waals surface area contributed by atoms with Gasteiger partial charge in [-0.25, -0.2) is 4.39 Å². The summed E-state index contributed by atoms with van der Waals surface area (Å²) < 4.78 is 13.7. The average Bonchev–Trinajstić information content (AvgIpc) is 2.68. The van der Waals surface area contributed by atoms with Gasteiger partial charge in [-0.15, -0.1) is 0 Å². The third-order valence-corrected chi connectivity index (χ3v) is 6.05. The molecule has 1 aliphatic carbocycles. The molecular weight excluding hydrogens is 417 g/mol. The van der Waals surface area contributed by atoms with E-state index in [-0.39, 0.29) is 35.3 Å². The molecule has 0 heterocycles. The van der Waals surface area contributed by atoms with Crippen molar-refractivity contribution in [2.24, 2.45) is 17.1 Å². The Labute approximate surface area is 187 Å². The standard InChI is InChI=1S/C24H29ClFN3O2/c1-24(2,14-27)15-29(23(31)17-7-4-8-19(26)11-17)13-18-12-20(9-10-21(18)25)28-22(30)16-5-3-6-16/h4,7-12,16H,3,5-6,13-15,27H2,1-2H3,(H,28,30). The van der Waals surface area contributed by atoms with E-state index in [2.05, 4.69) is 5.32 Å². The van der Waals surface area contributed by atoms with Crippen LogP contribution in [0.1, 0.15) is 49.0 Å². The van der Waals surface area contributed by atoms with Crippen molar-refractivity contribution in [3.63, 3.8) is 0 Å². The third-order valence-electron chi connectivity index (χ3n) is 5.68. The number of rotatable bonds is 8. The van der Waals surface area contributed by atoms with Crippen LogP contribution in [-0.4, -0.2) is 29.8 Å². The van der Waals surface area contributed by atoms with Gasteiger partial charge in [-0.2, -0.15) is 0 Å². The summed E-state index contributed by atoms with van der Waals surface area (Å²) in [7, 11) is 0. The Balaban J connectivity index is 1.85. The first-order chi connectivity index (χ1) is 14.7. The van der Waals surface area contributed by atoms with E-state index >= 15 is 0 Å². The Kier molecular flexibility index (Phi) is 7.34. The number of carbonyl (C=O) groups is 2. The summed E-state index contributed by atoms with van der Waals surface area (Å²) in [5, 5.41) is 3.43. The molecule has 7 heteroatoms. The molecule has 5 nitrogen and oxygen atoms in total. The van der Waals surface area contributed by atoms with Crippen LogP contribution >= 0.6 is 11.6 Å². The van der Waals surface area contributed by atoms with Crippen molar-refractivity contribution in [3.05, 3.63) is 64.4 Å². The molecule has 1 fully saturated rings. The fraction of sp³-hybridized carbons (Fsp3) is 0.417. The zero-order valence-electron chi connectivity index (χ0n) is 18.0. The van der Waals surface area contributed by atoms with Crippen LogP contribution in [0.15, 0.2) is 42.5 Å². The topological polar surface area (TPSA) is 75.4 Å². The second-order valence-electron chi connectivity index (χ2n) is 8.96. The van der Waals surface area contributed by atoms with E-state index in [4.69, 9.17) is 17.3 Å². The summed E-state index contributed by atoms with van der Waals surface area (Å²) in [5.41, 5.74) is 7.16. The molecule has 0 spiro atoms. The van der Waals surface area contributed by atoms with Gasteiger partial charge < -0.3 is 16.0 Å². The van der Waals surface area contributed by atoms with Crippen LogP contribution in [0, 0.1) is 17.2 Å². The van der Waals surface area contributed by atoms with Gasteiger partial charge >= 0.3 is 0 Å². The quantitative estimate of drug-likeness (QED) is 0.610. The highest BCUT2D eigenvalue weighted by Crippen LogP contribution is 2.29. The van der Waals surface area contributed by atoms with Crippen LogP contribution in [0.5, 0.6) is 0 Å². The molecule has 2 amide bonds. The van der Waals surface area contributed by atoms with E-state index in [0.717, 1.165) is 19.3 Å². The van der Waals surface area contributed by atoms with Crippen LogP contribution < -0.4 is 11.1 Å². The fourth-order valence-electron chi connectivity index (χ4n) is 3.48. The molecule has 3 rings (SSSR count). The van der Waals surface area contributed by atoms with E-state index in [1.807, 2.05) is 13.8 Å². The van der Waals surface area contributed by atoms with E-state index in [1.54, 1.807) is 29.2 Å². The van der Waals surface area contributed by atoms with Gasteiger partial charge in [0.05, 0.1) is 0 Å². The monoisotopic (exact) mass is 445 g/mol. The van der Waals surface area contributed by atoms with Crippen molar-refractivity contribution in [1.29, 1.82) is 0 Å². The van der Waals surface area contributed by atoms with Crippen molar-refractivity contribution >= 4 is 29.1 Å². The number of nitrogens with two attached hydrogens (primary N) is 1. The second-order valence-corrected chi connectivity index (χ2v) is 9.37. The average molecular weight is 446 g/mol. The molecule has 1 saturated carbocycles. The van der Waals surface area contributed by atoms with Gasteiger partial charge in [-0.05, 0) is 66.8 Å². The maximum Gasteiger partial charge on any atom is 0.254 e. The molecule has 0 saturated heterocycles. The number of hydrogen-bond acceptors (Lipinski definition) is 3. The van der Waals surface area contributed by atoms with Crippen molar-refractivity contribution < 1.29 is 14.0 Å². The number of nitrogens with one attached hydrogen (secondary N) is 1. The first-order valence-electron chi connectivity index (χ1n) is 10.5. The van der Waals surface area contributed by atoms with Crippen LogP contribution in [-0.2, 0) is 11.3 Å². The largest absolute Gasteiger partial charge is 0.334 e. The zero-order valence-corrected chi connectivity index (χ0v) is 18.7. The van der Waals surface area contributed by atoms with Gasteiger partial charge in [0.2, 0.25) is 5.91 Å². The van der Waals surface area contributed by atoms with Gasteiger partial charge in [0.15, 0.2) is 0 Å². The molecule has 0 aliphatic heterocycles. The number of carbonyl (C=O) groups excluding carboxylic acids is 2. The molecule has 0 atom stereocenters. The van der Waals surface area contributed by atoms with Gasteiger partial charge in [-0.1, -0.05) is 37.9 Å². The molecule has 3 N–H and O–H groups in total. The smallest absolute Gasteiger partial charge is 0.254 e. The summed E-state index contributed by atoms with van der Waals surface area (Å²) in [6.07, 6.45) is 2.91. The molecule has 2 aromatic carbocycles. The van der Waals surface area contributed by atoms with Crippen molar-refractivity contribution in [2.75, 3.05) is 18.4 Å². The lowest BCUT2D eigenvalue weighted by molar-refractivity contribution is -0.122. The molecular formula is C24H29ClFN3O2. The first kappa shape index (κ1) is 23.2. The highest BCUT2D eigenvalue weighted by Gasteiger charge is 2.27. The molecule has 0 bridgehead atoms. The Morgan fingerprint density at radius 3 is 2.58 bits per heavy atom. The van der Waals surface area contributed by atoms with Gasteiger partial charge in [0, 0.05) is 35.3 Å². The van der Waals surface area contributed by atoms with Crippen molar-refractivity contribution in [2.45, 2.75) is 39.7 Å². The minimum atomic E-state index is -0.470. The van der Waals surface area contributed by atoms with Crippen LogP contribution in [0.4, 0.5) is 10.1 Å². The first-order valence-corrected chi connectivity index (χ1v) is 10.9. The summed E-state index contributed by atoms with van der Waals surface area (Å²) in [4.78, 5) is 27.1. The number of hydrogen-bond donors (Lipinski definition) is 2. The maximum atomic E-state index is 13.7. The summed E-state index contributed by atoms with van der Waals surface area (Å²) in [6.45, 7) is 4.90. The molecule has 0 aromatic heterocycles. The summed E-state index contributed by atoms with van der Waals surface area (Å²) in [5.74, 6) is -0.698. The van der Waals surface area contributed by atoms with E-state index in [9.17, 15) is 14.0 Å². The van der Waals surface area contributed by atoms with Crippen LogP contribution in [0.25, 0.3) is 0 Å². The molecule has 2 aromatic rings. The number of benzene rings is 2. The minimum absolute atomic E-state index is 0.0106. The van der Waals surface area contributed by atoms with Gasteiger partial charge in [-0.3, -0.25) is 9.59 Å². The lowest BCUT2D eigenvalue weighted by Gasteiger charge is -2.32. The summed E-state index contributed by atoms with van der Waals surface area (Å²) in [6, 6.07) is 10.9. The summed E-state index contributed by atoms with van der Waals surface area (Å²) >= 11 is 6.42. The second kappa shape index (κ2) is 9.79. The SMILES string of the molecule is CC(C)(CN)CN(Cc1cc(NC(=O)C2CCC2)ccc1Cl)C(=O)c1cccc(F)c1. The number of amides is 2. The van der Waals surface area contributed by atoms with E-state index < -0.39 is 5.82 Å². The predicted molar refractivity (Wildman–Crippen MR) is 121 cm³/mol. The number of anilines is 1. The molecule has 0 radical (unpaired) electrons. The van der Waals surface area contributed by atoms with Crippen molar-refractivity contribution in [3.8, 4) is 0 Å². The van der Waals surface area contributed by atoms with Gasteiger partial charge in [0.1, 0.15) is 5.82 Å². The molecule has 1 aliphatic rings. The van der Waals surface area contributed by atoms with E-state index in [0.29, 0.717) is 29.4 Å².